The molecule has 21 heavy (non-hydrogen) atoms. The number of allylic oxidation sites excluding steroid dienone is 1. The van der Waals surface area contributed by atoms with E-state index in [4.69, 9.17) is 37.9 Å². The lowest BCUT2D eigenvalue weighted by atomic mass is 10.1. The van der Waals surface area contributed by atoms with Crippen molar-refractivity contribution in [1.29, 1.82) is 5.26 Å². The van der Waals surface area contributed by atoms with Crippen LogP contribution in [0, 0.1) is 11.3 Å². The fraction of sp³-hybridized carbons (Fsp3) is 0.400. The Bertz CT molecular complexity index is 521. The summed E-state index contributed by atoms with van der Waals surface area (Å²) in [6.45, 7) is 5.33. The van der Waals surface area contributed by atoms with Crippen LogP contribution in [-0.4, -0.2) is 26.0 Å². The molecule has 0 aliphatic heterocycles. The molecule has 0 unspecified atom stereocenters. The molecule has 0 saturated heterocycles. The fourth-order valence-corrected chi connectivity index (χ4v) is 1.99. The van der Waals surface area contributed by atoms with E-state index < -0.39 is 0 Å². The van der Waals surface area contributed by atoms with Gasteiger partial charge in [0.2, 0.25) is 0 Å². The lowest BCUT2D eigenvalue weighted by molar-refractivity contribution is -0.131. The quantitative estimate of drug-likeness (QED) is 0.581. The molecule has 0 heterocycles. The van der Waals surface area contributed by atoms with Crippen LogP contribution in [0.1, 0.15) is 19.4 Å². The van der Waals surface area contributed by atoms with E-state index in [1.54, 1.807) is 18.2 Å². The van der Waals surface area contributed by atoms with Gasteiger partial charge in [-0.05, 0) is 31.5 Å². The predicted octanol–water partition coefficient (Wildman–Crippen LogP) is 3.85. The second-order valence-corrected chi connectivity index (χ2v) is 4.85. The Kier molecular flexibility index (Phi) is 8.17. The Balaban J connectivity index is 2.81. The number of nitriles is 1. The van der Waals surface area contributed by atoms with Gasteiger partial charge in [0.05, 0.1) is 28.4 Å². The van der Waals surface area contributed by atoms with Crippen molar-refractivity contribution < 1.29 is 9.47 Å². The molecule has 1 rings (SSSR count). The van der Waals surface area contributed by atoms with Crippen LogP contribution < -0.4 is 5.32 Å². The van der Waals surface area contributed by atoms with E-state index in [9.17, 15) is 0 Å². The summed E-state index contributed by atoms with van der Waals surface area (Å²) in [5.74, 6) is 0. The van der Waals surface area contributed by atoms with Gasteiger partial charge in [0.25, 0.3) is 0 Å². The molecule has 0 atom stereocenters. The topological polar surface area (TPSA) is 54.3 Å². The monoisotopic (exact) mass is 328 g/mol. The maximum atomic E-state index is 8.91. The van der Waals surface area contributed by atoms with Gasteiger partial charge in [-0.25, -0.2) is 0 Å². The molecule has 0 saturated carbocycles. The second-order valence-electron chi connectivity index (χ2n) is 4.04. The van der Waals surface area contributed by atoms with Crippen LogP contribution in [0.25, 0.3) is 5.70 Å². The van der Waals surface area contributed by atoms with Crippen molar-refractivity contribution in [2.75, 3.05) is 19.8 Å². The third-order valence-electron chi connectivity index (χ3n) is 2.60. The number of nitrogens with zero attached hydrogens (tertiary/aromatic N) is 1. The summed E-state index contributed by atoms with van der Waals surface area (Å²) in [5, 5.41) is 13.0. The van der Waals surface area contributed by atoms with E-state index >= 15 is 0 Å². The molecule has 0 spiro atoms. The minimum absolute atomic E-state index is 0.370. The van der Waals surface area contributed by atoms with Gasteiger partial charge in [0, 0.05) is 19.3 Å². The maximum absolute atomic E-state index is 8.91. The summed E-state index contributed by atoms with van der Waals surface area (Å²) in [6.07, 6.45) is 1.04. The van der Waals surface area contributed by atoms with Crippen molar-refractivity contribution in [3.63, 3.8) is 0 Å². The fourth-order valence-electron chi connectivity index (χ4n) is 1.70. The second kappa shape index (κ2) is 9.64. The molecule has 0 aliphatic rings. The van der Waals surface area contributed by atoms with E-state index in [-0.39, 0.29) is 6.29 Å². The highest BCUT2D eigenvalue weighted by Gasteiger charge is 2.10. The van der Waals surface area contributed by atoms with E-state index in [2.05, 4.69) is 5.32 Å². The van der Waals surface area contributed by atoms with Crippen LogP contribution in [0.3, 0.4) is 0 Å². The number of benzene rings is 1. The molecular formula is C15H18Cl2N2O2. The molecule has 1 aromatic rings. The zero-order chi connectivity index (χ0) is 15.7. The van der Waals surface area contributed by atoms with Gasteiger partial charge < -0.3 is 14.8 Å². The van der Waals surface area contributed by atoms with Crippen molar-refractivity contribution in [3.8, 4) is 6.07 Å². The van der Waals surface area contributed by atoms with Gasteiger partial charge in [-0.2, -0.15) is 5.26 Å². The highest BCUT2D eigenvalue weighted by molar-refractivity contribution is 6.42. The summed E-state index contributed by atoms with van der Waals surface area (Å²) in [4.78, 5) is 0. The third kappa shape index (κ3) is 5.94. The van der Waals surface area contributed by atoms with Gasteiger partial charge in [-0.1, -0.05) is 29.3 Å². The van der Waals surface area contributed by atoms with Crippen molar-refractivity contribution in [2.24, 2.45) is 0 Å². The van der Waals surface area contributed by atoms with Gasteiger partial charge in [-0.15, -0.1) is 0 Å². The Labute approximate surface area is 135 Å². The zero-order valence-electron chi connectivity index (χ0n) is 12.0. The minimum Gasteiger partial charge on any atom is -0.379 e. The van der Waals surface area contributed by atoms with Crippen LogP contribution in [0.5, 0.6) is 0 Å². The number of rotatable bonds is 8. The first kappa shape index (κ1) is 17.8. The molecule has 0 fully saturated rings. The lowest BCUT2D eigenvalue weighted by Gasteiger charge is -2.19. The standard InChI is InChI=1S/C15H18Cl2N2O2/c1-3-20-15(21-4-2)10-19-14(7-8-18)11-5-6-12(16)13(17)9-11/h5-7,9,15,19H,3-4,10H2,1-2H3. The van der Waals surface area contributed by atoms with E-state index in [0.717, 1.165) is 5.56 Å². The average molecular weight is 329 g/mol. The van der Waals surface area contributed by atoms with Crippen molar-refractivity contribution in [2.45, 2.75) is 20.1 Å². The summed E-state index contributed by atoms with van der Waals surface area (Å²) < 4.78 is 10.9. The first-order valence-electron chi connectivity index (χ1n) is 6.64. The molecular weight excluding hydrogens is 311 g/mol. The Morgan fingerprint density at radius 1 is 1.29 bits per heavy atom. The Morgan fingerprint density at radius 2 is 1.95 bits per heavy atom. The lowest BCUT2D eigenvalue weighted by Crippen LogP contribution is -2.30. The number of nitrogens with one attached hydrogen (secondary N) is 1. The number of halogens is 2. The molecule has 0 radical (unpaired) electrons. The van der Waals surface area contributed by atoms with Crippen molar-refractivity contribution >= 4 is 28.9 Å². The third-order valence-corrected chi connectivity index (χ3v) is 3.34. The van der Waals surface area contributed by atoms with Gasteiger partial charge in [0.1, 0.15) is 0 Å². The van der Waals surface area contributed by atoms with E-state index in [1.807, 2.05) is 19.9 Å². The van der Waals surface area contributed by atoms with Crippen molar-refractivity contribution in [3.05, 3.63) is 39.9 Å². The zero-order valence-corrected chi connectivity index (χ0v) is 13.5. The maximum Gasteiger partial charge on any atom is 0.174 e. The molecule has 0 amide bonds. The summed E-state index contributed by atoms with van der Waals surface area (Å²) in [6, 6.07) is 7.19. The highest BCUT2D eigenvalue weighted by atomic mass is 35.5. The SMILES string of the molecule is CCOC(CNC(=CC#N)c1ccc(Cl)c(Cl)c1)OCC. The smallest absolute Gasteiger partial charge is 0.174 e. The highest BCUT2D eigenvalue weighted by Crippen LogP contribution is 2.25. The molecule has 0 aliphatic carbocycles. The van der Waals surface area contributed by atoms with Gasteiger partial charge in [0.15, 0.2) is 6.29 Å². The first-order valence-corrected chi connectivity index (χ1v) is 7.40. The molecule has 4 nitrogen and oxygen atoms in total. The van der Waals surface area contributed by atoms with Gasteiger partial charge in [-0.3, -0.25) is 0 Å². The Hall–Kier alpha value is -1.25. The number of hydrogen-bond acceptors (Lipinski definition) is 4. The summed E-state index contributed by atoms with van der Waals surface area (Å²) >= 11 is 11.9. The van der Waals surface area contributed by atoms with Crippen LogP contribution in [0.2, 0.25) is 10.0 Å². The molecule has 1 aromatic carbocycles. The minimum atomic E-state index is -0.370. The number of hydrogen-bond donors (Lipinski definition) is 1. The van der Waals surface area contributed by atoms with Crippen LogP contribution in [0.15, 0.2) is 24.3 Å². The predicted molar refractivity (Wildman–Crippen MR) is 85.1 cm³/mol. The van der Waals surface area contributed by atoms with Crippen LogP contribution >= 0.6 is 23.2 Å². The van der Waals surface area contributed by atoms with Crippen LogP contribution in [0.4, 0.5) is 0 Å². The van der Waals surface area contributed by atoms with E-state index in [1.165, 1.54) is 6.08 Å². The molecule has 0 aromatic heterocycles. The molecule has 1 N–H and O–H groups in total. The van der Waals surface area contributed by atoms with Crippen LogP contribution in [-0.2, 0) is 9.47 Å². The normalized spacial score (nSPS) is 11.5. The largest absolute Gasteiger partial charge is 0.379 e. The molecule has 6 heteroatoms. The summed E-state index contributed by atoms with van der Waals surface area (Å²) in [7, 11) is 0. The average Bonchev–Trinajstić information content (AvgIpc) is 2.46. The van der Waals surface area contributed by atoms with E-state index in [0.29, 0.717) is 35.5 Å². The molecule has 0 bridgehead atoms. The Morgan fingerprint density at radius 3 is 2.48 bits per heavy atom. The first-order chi connectivity index (χ1) is 10.1. The van der Waals surface area contributed by atoms with Gasteiger partial charge >= 0.3 is 0 Å². The molecule has 114 valence electrons. The summed E-state index contributed by atoms with van der Waals surface area (Å²) in [5.41, 5.74) is 1.41. The number of ether oxygens (including phenoxy) is 2. The van der Waals surface area contributed by atoms with Crippen molar-refractivity contribution in [1.82, 2.24) is 5.32 Å².